The number of aromatic nitrogens is 3. The summed E-state index contributed by atoms with van der Waals surface area (Å²) in [5.74, 6) is -0.606. The highest BCUT2D eigenvalue weighted by atomic mass is 19.4. The van der Waals surface area contributed by atoms with Gasteiger partial charge in [0.2, 0.25) is 0 Å². The molecule has 0 bridgehead atoms. The van der Waals surface area contributed by atoms with Crippen molar-refractivity contribution in [3.05, 3.63) is 46.0 Å². The van der Waals surface area contributed by atoms with Crippen LogP contribution in [0, 0.1) is 11.3 Å². The van der Waals surface area contributed by atoms with Crippen LogP contribution in [0.5, 0.6) is 5.75 Å². The molecule has 0 radical (unpaired) electrons. The number of aromatic amines is 1. The number of ether oxygens (including phenoxy) is 2. The van der Waals surface area contributed by atoms with Gasteiger partial charge in [0.1, 0.15) is 18.0 Å². The molecule has 2 aromatic heterocycles. The molecule has 1 fully saturated rings. The Balaban J connectivity index is 1.44. The van der Waals surface area contributed by atoms with Crippen molar-refractivity contribution >= 4 is 11.7 Å². The fourth-order valence-corrected chi connectivity index (χ4v) is 3.41. The molecule has 0 saturated carbocycles. The van der Waals surface area contributed by atoms with Gasteiger partial charge in [-0.3, -0.25) is 9.59 Å². The molecule has 2 atom stereocenters. The Morgan fingerprint density at radius 2 is 1.97 bits per heavy atom. The third-order valence-electron chi connectivity index (χ3n) is 5.14. The fourth-order valence-electron chi connectivity index (χ4n) is 3.41. The van der Waals surface area contributed by atoms with E-state index in [1.807, 2.05) is 11.0 Å². The summed E-state index contributed by atoms with van der Waals surface area (Å²) in [4.78, 5) is 31.6. The molecule has 0 unspecified atom stereocenters. The number of carbonyl (C=O) groups excluding carboxylic acids is 1. The van der Waals surface area contributed by atoms with Crippen molar-refractivity contribution in [1.82, 2.24) is 20.1 Å². The highest BCUT2D eigenvalue weighted by Crippen LogP contribution is 2.33. The van der Waals surface area contributed by atoms with Crippen LogP contribution in [0.4, 0.5) is 19.0 Å². The zero-order valence-electron chi connectivity index (χ0n) is 18.7. The average molecular weight is 496 g/mol. The number of rotatable bonds is 8. The number of piperazine rings is 1. The molecule has 14 heteroatoms. The first-order valence-electron chi connectivity index (χ1n) is 10.6. The Morgan fingerprint density at radius 3 is 2.57 bits per heavy atom. The number of nitrogens with zero attached hydrogens (tertiary/aromatic N) is 5. The van der Waals surface area contributed by atoms with Crippen LogP contribution in [-0.4, -0.2) is 82.7 Å². The first-order valence-corrected chi connectivity index (χ1v) is 10.6. The smallest absolute Gasteiger partial charge is 0.425 e. The number of aliphatic hydroxyl groups excluding tert-OH is 1. The van der Waals surface area contributed by atoms with Gasteiger partial charge in [0.25, 0.3) is 11.5 Å². The molecule has 3 rings (SSSR count). The number of alkyl halides is 3. The molecule has 1 saturated heterocycles. The molecule has 0 aromatic carbocycles. The zero-order valence-corrected chi connectivity index (χ0v) is 18.7. The van der Waals surface area contributed by atoms with Gasteiger partial charge in [-0.05, 0) is 19.1 Å². The minimum Gasteiger partial charge on any atom is -0.486 e. The number of nitrogens with one attached hydrogen (secondary N) is 1. The van der Waals surface area contributed by atoms with E-state index in [2.05, 4.69) is 10.1 Å². The van der Waals surface area contributed by atoms with Crippen LogP contribution in [0.1, 0.15) is 18.1 Å². The van der Waals surface area contributed by atoms with E-state index >= 15 is 0 Å². The number of nitriles is 1. The van der Waals surface area contributed by atoms with Crippen molar-refractivity contribution in [2.75, 3.05) is 44.3 Å². The lowest BCUT2D eigenvalue weighted by molar-refractivity contribution is -0.145. The topological polar surface area (TPSA) is 145 Å². The van der Waals surface area contributed by atoms with Gasteiger partial charge in [0, 0.05) is 32.4 Å². The molecule has 2 aromatic rings. The van der Waals surface area contributed by atoms with E-state index in [-0.39, 0.29) is 13.2 Å². The Labute approximate surface area is 197 Å². The molecule has 1 amide bonds. The van der Waals surface area contributed by atoms with Gasteiger partial charge in [-0.15, -0.1) is 0 Å². The standard InChI is InChI=1S/C21H23F3N6O5/c1-13(35-16-10-27-28-19(32)18(16)21(22,23)24)11-34-12-15(31)20(33)30-6-4-29(5-7-30)17-3-2-14(8-25)9-26-17/h2-3,9-10,13,15,31H,4-7,11-12H2,1H3,(H,28,32)/t13-,15+/m0/s1. The van der Waals surface area contributed by atoms with Crippen LogP contribution in [0.3, 0.4) is 0 Å². The lowest BCUT2D eigenvalue weighted by atomic mass is 10.2. The number of H-pyrrole nitrogens is 1. The van der Waals surface area contributed by atoms with Crippen LogP contribution in [0.25, 0.3) is 0 Å². The molecular formula is C21H23F3N6O5. The number of hydrogen-bond acceptors (Lipinski definition) is 9. The second-order valence-corrected chi connectivity index (χ2v) is 7.75. The number of aliphatic hydroxyl groups is 1. The van der Waals surface area contributed by atoms with Gasteiger partial charge >= 0.3 is 6.18 Å². The van der Waals surface area contributed by atoms with Crippen molar-refractivity contribution in [1.29, 1.82) is 5.26 Å². The van der Waals surface area contributed by atoms with Gasteiger partial charge < -0.3 is 24.4 Å². The monoisotopic (exact) mass is 496 g/mol. The molecule has 35 heavy (non-hydrogen) atoms. The maximum atomic E-state index is 13.1. The fraction of sp³-hybridized carbons (Fsp3) is 0.476. The van der Waals surface area contributed by atoms with Gasteiger partial charge in [-0.25, -0.2) is 10.1 Å². The average Bonchev–Trinajstić information content (AvgIpc) is 2.83. The van der Waals surface area contributed by atoms with E-state index in [9.17, 15) is 27.9 Å². The summed E-state index contributed by atoms with van der Waals surface area (Å²) in [5.41, 5.74) is -2.50. The summed E-state index contributed by atoms with van der Waals surface area (Å²) in [6.07, 6.45) is -5.12. The summed E-state index contributed by atoms with van der Waals surface area (Å²) in [7, 11) is 0. The van der Waals surface area contributed by atoms with Gasteiger partial charge in [0.05, 0.1) is 25.0 Å². The third-order valence-corrected chi connectivity index (χ3v) is 5.14. The molecule has 0 aliphatic carbocycles. The Morgan fingerprint density at radius 1 is 1.26 bits per heavy atom. The lowest BCUT2D eigenvalue weighted by Crippen LogP contribution is -2.52. The maximum Gasteiger partial charge on any atom is 0.425 e. The maximum absolute atomic E-state index is 13.1. The Hall–Kier alpha value is -3.70. The molecule has 3 heterocycles. The van der Waals surface area contributed by atoms with Crippen molar-refractivity contribution in [2.24, 2.45) is 0 Å². The third kappa shape index (κ3) is 6.67. The van der Waals surface area contributed by atoms with Gasteiger partial charge in [0.15, 0.2) is 17.4 Å². The zero-order chi connectivity index (χ0) is 25.6. The molecule has 2 N–H and O–H groups in total. The van der Waals surface area contributed by atoms with E-state index in [0.29, 0.717) is 37.6 Å². The second-order valence-electron chi connectivity index (χ2n) is 7.75. The Kier molecular flexibility index (Phi) is 8.26. The van der Waals surface area contributed by atoms with E-state index in [1.54, 1.807) is 17.2 Å². The highest BCUT2D eigenvalue weighted by Gasteiger charge is 2.38. The van der Waals surface area contributed by atoms with Crippen molar-refractivity contribution < 1.29 is 32.5 Å². The highest BCUT2D eigenvalue weighted by molar-refractivity contribution is 5.81. The van der Waals surface area contributed by atoms with Crippen molar-refractivity contribution in [2.45, 2.75) is 25.3 Å². The summed E-state index contributed by atoms with van der Waals surface area (Å²) in [6, 6.07) is 5.37. The van der Waals surface area contributed by atoms with E-state index < -0.39 is 41.2 Å². The van der Waals surface area contributed by atoms with E-state index in [1.165, 1.54) is 18.0 Å². The normalized spacial score (nSPS) is 15.9. The molecular weight excluding hydrogens is 473 g/mol. The Bertz CT molecular complexity index is 1110. The molecule has 11 nitrogen and oxygen atoms in total. The molecule has 188 valence electrons. The van der Waals surface area contributed by atoms with Crippen LogP contribution >= 0.6 is 0 Å². The summed E-state index contributed by atoms with van der Waals surface area (Å²) < 4.78 is 49.6. The van der Waals surface area contributed by atoms with Crippen LogP contribution in [-0.2, 0) is 15.7 Å². The van der Waals surface area contributed by atoms with Crippen LogP contribution in [0.15, 0.2) is 29.3 Å². The minimum atomic E-state index is -4.94. The summed E-state index contributed by atoms with van der Waals surface area (Å²) in [6.45, 7) is 2.42. The number of hydrogen-bond donors (Lipinski definition) is 2. The van der Waals surface area contributed by atoms with Crippen LogP contribution in [0.2, 0.25) is 0 Å². The molecule has 0 spiro atoms. The molecule has 1 aliphatic heterocycles. The predicted octanol–water partition coefficient (Wildman–Crippen LogP) is 0.549. The van der Waals surface area contributed by atoms with Crippen molar-refractivity contribution in [3.63, 3.8) is 0 Å². The number of amides is 1. The summed E-state index contributed by atoms with van der Waals surface area (Å²) >= 11 is 0. The van der Waals surface area contributed by atoms with Crippen LogP contribution < -0.4 is 15.2 Å². The quantitative estimate of drug-likeness (QED) is 0.535. The molecule has 1 aliphatic rings. The number of halogens is 3. The van der Waals surface area contributed by atoms with Gasteiger partial charge in [-0.2, -0.15) is 23.5 Å². The first kappa shape index (κ1) is 25.9. The first-order chi connectivity index (χ1) is 16.6. The summed E-state index contributed by atoms with van der Waals surface area (Å²) in [5, 5.41) is 24.1. The van der Waals surface area contributed by atoms with E-state index in [4.69, 9.17) is 14.7 Å². The SMILES string of the molecule is C[C@@H](COC[C@@H](O)C(=O)N1CCN(c2ccc(C#N)cn2)CC1)Oc1cn[nH]c(=O)c1C(F)(F)F. The number of anilines is 1. The number of pyridine rings is 1. The lowest BCUT2D eigenvalue weighted by Gasteiger charge is -2.36. The number of carbonyl (C=O) groups is 1. The van der Waals surface area contributed by atoms with Gasteiger partial charge in [-0.1, -0.05) is 0 Å². The van der Waals surface area contributed by atoms with Crippen molar-refractivity contribution in [3.8, 4) is 11.8 Å². The second kappa shape index (κ2) is 11.2. The van der Waals surface area contributed by atoms with E-state index in [0.717, 1.165) is 6.20 Å². The largest absolute Gasteiger partial charge is 0.486 e. The minimum absolute atomic E-state index is 0.243. The predicted molar refractivity (Wildman–Crippen MR) is 115 cm³/mol.